The van der Waals surface area contributed by atoms with Gasteiger partial charge in [0, 0.05) is 43.5 Å². The van der Waals surface area contributed by atoms with E-state index in [4.69, 9.17) is 0 Å². The highest BCUT2D eigenvalue weighted by Crippen LogP contribution is 2.21. The van der Waals surface area contributed by atoms with Crippen LogP contribution in [0, 0.1) is 0 Å². The summed E-state index contributed by atoms with van der Waals surface area (Å²) in [6.07, 6.45) is 0.821. The van der Waals surface area contributed by atoms with Crippen molar-refractivity contribution in [2.45, 2.75) is 0 Å². The van der Waals surface area contributed by atoms with E-state index in [1.54, 1.807) is 15.9 Å². The van der Waals surface area contributed by atoms with Crippen molar-refractivity contribution in [3.63, 3.8) is 0 Å². The molecule has 1 aliphatic rings. The summed E-state index contributed by atoms with van der Waals surface area (Å²) in [7, 11) is 0. The second-order valence-corrected chi connectivity index (χ2v) is 6.75. The molecular formula is C22H21N5O2. The van der Waals surface area contributed by atoms with Crippen molar-refractivity contribution in [3.05, 3.63) is 72.4 Å². The molecule has 1 fully saturated rings. The van der Waals surface area contributed by atoms with E-state index in [2.05, 4.69) is 15.3 Å². The minimum atomic E-state index is -0.161. The number of aromatic nitrogens is 2. The van der Waals surface area contributed by atoms with E-state index < -0.39 is 0 Å². The molecule has 3 aromatic rings. The van der Waals surface area contributed by atoms with Gasteiger partial charge in [0.15, 0.2) is 5.82 Å². The smallest absolute Gasteiger partial charge is 0.272 e. The molecule has 0 aliphatic carbocycles. The fourth-order valence-corrected chi connectivity index (χ4v) is 3.20. The minimum absolute atomic E-state index is 0.161. The van der Waals surface area contributed by atoms with Crippen LogP contribution >= 0.6 is 0 Å². The number of carbonyl (C=O) groups excluding carboxylic acids is 2. The fraction of sp³-hybridized carbons (Fsp3) is 0.182. The lowest BCUT2D eigenvalue weighted by Gasteiger charge is -2.32. The molecule has 7 nitrogen and oxygen atoms in total. The van der Waals surface area contributed by atoms with Gasteiger partial charge in [-0.1, -0.05) is 48.5 Å². The third kappa shape index (κ3) is 4.40. The molecule has 29 heavy (non-hydrogen) atoms. The number of para-hydroxylation sites is 1. The molecule has 0 bridgehead atoms. The molecule has 2 heterocycles. The van der Waals surface area contributed by atoms with Gasteiger partial charge in [-0.2, -0.15) is 0 Å². The molecule has 2 amide bonds. The fourth-order valence-electron chi connectivity index (χ4n) is 3.20. The van der Waals surface area contributed by atoms with Crippen LogP contribution in [-0.2, 0) is 4.79 Å². The molecule has 146 valence electrons. The van der Waals surface area contributed by atoms with E-state index in [-0.39, 0.29) is 5.91 Å². The second kappa shape index (κ2) is 8.52. The predicted molar refractivity (Wildman–Crippen MR) is 111 cm³/mol. The van der Waals surface area contributed by atoms with Crippen LogP contribution in [0.4, 0.5) is 11.5 Å². The molecule has 1 saturated heterocycles. The average Bonchev–Trinajstić information content (AvgIpc) is 2.80. The number of nitrogens with zero attached hydrogens (tertiary/aromatic N) is 4. The molecule has 2 aromatic carbocycles. The number of hydrogen-bond acceptors (Lipinski definition) is 5. The van der Waals surface area contributed by atoms with Gasteiger partial charge in [-0.15, -0.1) is 0 Å². The van der Waals surface area contributed by atoms with E-state index in [9.17, 15) is 9.59 Å². The Morgan fingerprint density at radius 3 is 2.21 bits per heavy atom. The highest BCUT2D eigenvalue weighted by atomic mass is 16.2. The van der Waals surface area contributed by atoms with Gasteiger partial charge in [0.1, 0.15) is 11.5 Å². The molecule has 0 radical (unpaired) electrons. The first kappa shape index (κ1) is 18.6. The molecule has 1 aromatic heterocycles. The average molecular weight is 387 g/mol. The van der Waals surface area contributed by atoms with E-state index in [0.717, 1.165) is 17.7 Å². The van der Waals surface area contributed by atoms with Crippen LogP contribution in [0.2, 0.25) is 0 Å². The lowest BCUT2D eigenvalue weighted by molar-refractivity contribution is -0.119. The quantitative estimate of drug-likeness (QED) is 0.681. The zero-order chi connectivity index (χ0) is 20.1. The zero-order valence-electron chi connectivity index (χ0n) is 15.9. The molecule has 0 saturated carbocycles. The Labute approximate surface area is 169 Å². The summed E-state index contributed by atoms with van der Waals surface area (Å²) in [5.41, 5.74) is 2.05. The van der Waals surface area contributed by atoms with Crippen molar-refractivity contribution in [1.29, 1.82) is 0 Å². The van der Waals surface area contributed by atoms with Crippen LogP contribution in [0.3, 0.4) is 0 Å². The number of anilines is 2. The molecule has 7 heteroatoms. The first-order valence-corrected chi connectivity index (χ1v) is 9.48. The molecule has 4 rings (SSSR count). The number of hydrogen-bond donors (Lipinski definition) is 1. The highest BCUT2D eigenvalue weighted by molar-refractivity contribution is 5.93. The summed E-state index contributed by atoms with van der Waals surface area (Å²) in [6, 6.07) is 20.9. The molecule has 0 atom stereocenters. The van der Waals surface area contributed by atoms with E-state index >= 15 is 0 Å². The Balaban J connectivity index is 1.66. The maximum atomic E-state index is 13.1. The number of nitrogens with one attached hydrogen (secondary N) is 1. The van der Waals surface area contributed by atoms with Gasteiger partial charge in [-0.3, -0.25) is 9.59 Å². The monoisotopic (exact) mass is 387 g/mol. The molecule has 0 spiro atoms. The number of piperazine rings is 1. The maximum absolute atomic E-state index is 13.1. The summed E-state index contributed by atoms with van der Waals surface area (Å²) in [5, 5.41) is 3.25. The Morgan fingerprint density at radius 1 is 0.897 bits per heavy atom. The van der Waals surface area contributed by atoms with Gasteiger partial charge in [-0.05, 0) is 12.1 Å². The predicted octanol–water partition coefficient (Wildman–Crippen LogP) is 2.80. The van der Waals surface area contributed by atoms with E-state index in [0.29, 0.717) is 43.5 Å². The lowest BCUT2D eigenvalue weighted by atomic mass is 10.2. The van der Waals surface area contributed by atoms with Gasteiger partial charge in [-0.25, -0.2) is 9.97 Å². The first-order chi connectivity index (χ1) is 14.2. The highest BCUT2D eigenvalue weighted by Gasteiger charge is 2.23. The zero-order valence-corrected chi connectivity index (χ0v) is 15.9. The number of carbonyl (C=O) groups is 2. The van der Waals surface area contributed by atoms with Gasteiger partial charge in [0.05, 0.1) is 0 Å². The second-order valence-electron chi connectivity index (χ2n) is 6.75. The van der Waals surface area contributed by atoms with Crippen molar-refractivity contribution in [2.24, 2.45) is 0 Å². The van der Waals surface area contributed by atoms with Gasteiger partial charge < -0.3 is 15.1 Å². The Bertz CT molecular complexity index is 987. The minimum Gasteiger partial charge on any atom is -0.342 e. The van der Waals surface area contributed by atoms with Crippen molar-refractivity contribution >= 4 is 23.8 Å². The topological polar surface area (TPSA) is 78.4 Å². The largest absolute Gasteiger partial charge is 0.342 e. The number of benzene rings is 2. The van der Waals surface area contributed by atoms with E-state index in [1.165, 1.54) is 0 Å². The normalized spacial score (nSPS) is 13.8. The Kier molecular flexibility index (Phi) is 5.47. The Hall–Kier alpha value is -3.74. The Morgan fingerprint density at radius 2 is 1.55 bits per heavy atom. The summed E-state index contributed by atoms with van der Waals surface area (Å²) < 4.78 is 0. The molecular weight excluding hydrogens is 366 g/mol. The van der Waals surface area contributed by atoms with Gasteiger partial charge in [0.2, 0.25) is 6.41 Å². The van der Waals surface area contributed by atoms with Crippen LogP contribution in [0.25, 0.3) is 11.4 Å². The van der Waals surface area contributed by atoms with Crippen LogP contribution in [0.5, 0.6) is 0 Å². The standard InChI is InChI=1S/C22H21N5O2/c28-16-26-11-13-27(14-12-26)22(29)19-15-20(23-18-9-5-2-6-10-18)25-21(24-19)17-7-3-1-4-8-17/h1-10,15-16H,11-14H2,(H,23,24,25). The summed E-state index contributed by atoms with van der Waals surface area (Å²) in [5.74, 6) is 0.882. The van der Waals surface area contributed by atoms with E-state index in [1.807, 2.05) is 60.7 Å². The molecule has 0 unspecified atom stereocenters. The van der Waals surface area contributed by atoms with Crippen molar-refractivity contribution < 1.29 is 9.59 Å². The van der Waals surface area contributed by atoms with Crippen LogP contribution in [0.15, 0.2) is 66.7 Å². The number of amides is 2. The summed E-state index contributed by atoms with van der Waals surface area (Å²) in [6.45, 7) is 2.04. The van der Waals surface area contributed by atoms with Crippen LogP contribution in [0.1, 0.15) is 10.5 Å². The van der Waals surface area contributed by atoms with Crippen molar-refractivity contribution in [3.8, 4) is 11.4 Å². The van der Waals surface area contributed by atoms with Crippen LogP contribution < -0.4 is 5.32 Å². The van der Waals surface area contributed by atoms with Crippen LogP contribution in [-0.4, -0.2) is 58.3 Å². The maximum Gasteiger partial charge on any atom is 0.272 e. The number of rotatable bonds is 5. The lowest BCUT2D eigenvalue weighted by Crippen LogP contribution is -2.48. The van der Waals surface area contributed by atoms with Crippen molar-refractivity contribution in [2.75, 3.05) is 31.5 Å². The summed E-state index contributed by atoms with van der Waals surface area (Å²) in [4.78, 5) is 36.5. The third-order valence-electron chi connectivity index (χ3n) is 4.77. The van der Waals surface area contributed by atoms with Crippen molar-refractivity contribution in [1.82, 2.24) is 19.8 Å². The van der Waals surface area contributed by atoms with Gasteiger partial charge in [0.25, 0.3) is 5.91 Å². The molecule has 1 aliphatic heterocycles. The third-order valence-corrected chi connectivity index (χ3v) is 4.77. The SMILES string of the molecule is O=CN1CCN(C(=O)c2cc(Nc3ccccc3)nc(-c3ccccc3)n2)CC1. The summed E-state index contributed by atoms with van der Waals surface area (Å²) >= 11 is 0. The first-order valence-electron chi connectivity index (χ1n) is 9.48. The van der Waals surface area contributed by atoms with Gasteiger partial charge >= 0.3 is 0 Å². The molecule has 1 N–H and O–H groups in total.